The normalized spacial score (nSPS) is 40.3. The molecule has 0 saturated carbocycles. The summed E-state index contributed by atoms with van der Waals surface area (Å²) < 4.78 is 21.5. The van der Waals surface area contributed by atoms with E-state index < -0.39 is 25.8 Å². The molecule has 2 unspecified atom stereocenters. The van der Waals surface area contributed by atoms with E-state index in [1.54, 1.807) is 6.92 Å². The number of ether oxygens (including phenoxy) is 2. The Labute approximate surface area is 89.1 Å². The lowest BCUT2D eigenvalue weighted by atomic mass is 10.1. The predicted molar refractivity (Wildman–Crippen MR) is 54.9 cm³/mol. The molecule has 1 heterocycles. The third-order valence-corrected chi connectivity index (χ3v) is 3.20. The van der Waals surface area contributed by atoms with E-state index in [2.05, 4.69) is 5.09 Å². The minimum Gasteiger partial charge on any atom is -0.388 e. The molecule has 0 amide bonds. The van der Waals surface area contributed by atoms with Crippen molar-refractivity contribution in [3.63, 3.8) is 0 Å². The van der Waals surface area contributed by atoms with Gasteiger partial charge in [0.2, 0.25) is 0 Å². The number of rotatable bonds is 4. The molecule has 5 atom stereocenters. The Hall–Kier alpha value is 0.0300. The molecule has 0 aromatic carbocycles. The van der Waals surface area contributed by atoms with E-state index in [0.29, 0.717) is 0 Å². The van der Waals surface area contributed by atoms with Crippen LogP contribution < -0.4 is 5.09 Å². The molecular weight excluding hydrogens is 221 g/mol. The quantitative estimate of drug-likeness (QED) is 0.576. The van der Waals surface area contributed by atoms with Gasteiger partial charge in [-0.25, -0.2) is 5.09 Å². The van der Waals surface area contributed by atoms with Crippen molar-refractivity contribution in [3.05, 3.63) is 0 Å². The fraction of sp³-hybridized carbons (Fsp3) is 1.00. The second-order valence-electron chi connectivity index (χ2n) is 3.81. The molecule has 15 heavy (non-hydrogen) atoms. The largest absolute Gasteiger partial charge is 0.388 e. The van der Waals surface area contributed by atoms with Gasteiger partial charge >= 0.3 is 0 Å². The lowest BCUT2D eigenvalue weighted by Crippen LogP contribution is -2.38. The summed E-state index contributed by atoms with van der Waals surface area (Å²) in [6, 6.07) is 0. The molecule has 0 aliphatic carbocycles. The van der Waals surface area contributed by atoms with Crippen LogP contribution in [0.5, 0.6) is 0 Å². The number of aliphatic hydroxyl groups is 1. The van der Waals surface area contributed by atoms with Crippen molar-refractivity contribution in [2.75, 3.05) is 20.3 Å². The summed E-state index contributed by atoms with van der Waals surface area (Å²) in [6.07, 6.45) is -1.88. The highest BCUT2D eigenvalue weighted by atomic mass is 31.2. The Morgan fingerprint density at radius 1 is 1.60 bits per heavy atom. The number of aliphatic hydroxyl groups excluding tert-OH is 1. The molecule has 1 aliphatic heterocycles. The van der Waals surface area contributed by atoms with Crippen LogP contribution in [0.1, 0.15) is 6.92 Å². The minimum absolute atomic E-state index is 0.185. The maximum absolute atomic E-state index is 11.0. The summed E-state index contributed by atoms with van der Waals surface area (Å²) >= 11 is 0. The van der Waals surface area contributed by atoms with Crippen LogP contribution in [0.15, 0.2) is 0 Å². The summed E-state index contributed by atoms with van der Waals surface area (Å²) in [6.45, 7) is 3.13. The summed E-state index contributed by atoms with van der Waals surface area (Å²) in [5.74, 6) is 0. The van der Waals surface area contributed by atoms with E-state index >= 15 is 0 Å². The average molecular weight is 239 g/mol. The van der Waals surface area contributed by atoms with E-state index in [1.165, 1.54) is 13.8 Å². The maximum Gasteiger partial charge on any atom is 0.264 e. The van der Waals surface area contributed by atoms with Gasteiger partial charge in [0.05, 0.1) is 12.2 Å². The van der Waals surface area contributed by atoms with Crippen molar-refractivity contribution in [2.45, 2.75) is 31.3 Å². The third-order valence-electron chi connectivity index (χ3n) is 2.43. The molecule has 1 saturated heterocycles. The highest BCUT2D eigenvalue weighted by molar-refractivity contribution is 7.54. The molecule has 90 valence electrons. The van der Waals surface area contributed by atoms with Crippen LogP contribution in [0.4, 0.5) is 0 Å². The molecule has 6 nitrogen and oxygen atoms in total. The van der Waals surface area contributed by atoms with Gasteiger partial charge in [0.1, 0.15) is 12.2 Å². The van der Waals surface area contributed by atoms with Crippen LogP contribution in [-0.4, -0.2) is 54.7 Å². The third kappa shape index (κ3) is 3.52. The second-order valence-corrected chi connectivity index (χ2v) is 5.89. The molecule has 0 spiro atoms. The average Bonchev–Trinajstić information content (AvgIpc) is 2.38. The van der Waals surface area contributed by atoms with Crippen molar-refractivity contribution in [1.82, 2.24) is 5.09 Å². The van der Waals surface area contributed by atoms with Crippen molar-refractivity contribution in [3.8, 4) is 0 Å². The van der Waals surface area contributed by atoms with E-state index in [0.717, 1.165) is 0 Å². The Bertz CT molecular complexity index is 255. The molecular formula is C8H18NO5P. The summed E-state index contributed by atoms with van der Waals surface area (Å²) in [5, 5.41) is 12.1. The molecule has 0 bridgehead atoms. The molecule has 1 aliphatic rings. The Morgan fingerprint density at radius 2 is 2.20 bits per heavy atom. The highest BCUT2D eigenvalue weighted by Gasteiger charge is 2.41. The van der Waals surface area contributed by atoms with Gasteiger partial charge in [-0.15, -0.1) is 0 Å². The standard InChI is InChI=1S/C8H18NO5P/c1-5-7(10)8(13-2)6(14-5)4-9-15(3,11)12/h5-8,10H,4H2,1-3H3,(H2,9,11,12)/t5-,6+,7?,8-/m0/s1. The lowest BCUT2D eigenvalue weighted by Gasteiger charge is -2.19. The van der Waals surface area contributed by atoms with Crippen molar-refractivity contribution in [1.29, 1.82) is 0 Å². The van der Waals surface area contributed by atoms with Gasteiger partial charge in [-0.3, -0.25) is 4.57 Å². The van der Waals surface area contributed by atoms with Crippen molar-refractivity contribution in [2.24, 2.45) is 0 Å². The van der Waals surface area contributed by atoms with E-state index in [-0.39, 0.29) is 12.6 Å². The van der Waals surface area contributed by atoms with Gasteiger partial charge in [-0.1, -0.05) is 0 Å². The Morgan fingerprint density at radius 3 is 2.67 bits per heavy atom. The number of methoxy groups -OCH3 is 1. The number of hydrogen-bond donors (Lipinski definition) is 3. The molecule has 0 aromatic heterocycles. The molecule has 3 N–H and O–H groups in total. The molecule has 0 radical (unpaired) electrons. The molecule has 1 fully saturated rings. The van der Waals surface area contributed by atoms with Crippen LogP contribution in [0.3, 0.4) is 0 Å². The fourth-order valence-corrected chi connectivity index (χ4v) is 2.15. The van der Waals surface area contributed by atoms with Crippen LogP contribution in [0, 0.1) is 0 Å². The monoisotopic (exact) mass is 239 g/mol. The smallest absolute Gasteiger partial charge is 0.264 e. The van der Waals surface area contributed by atoms with Gasteiger partial charge in [-0.2, -0.15) is 0 Å². The van der Waals surface area contributed by atoms with Crippen molar-refractivity contribution >= 4 is 7.52 Å². The first kappa shape index (κ1) is 13.1. The van der Waals surface area contributed by atoms with E-state index in [4.69, 9.17) is 14.4 Å². The molecule has 1 rings (SSSR count). The zero-order valence-corrected chi connectivity index (χ0v) is 9.98. The minimum atomic E-state index is -3.26. The SMILES string of the molecule is CO[C@@H]1C(O)[C@H](C)O[C@@H]1CNP(C)(=O)O. The van der Waals surface area contributed by atoms with Gasteiger partial charge in [0, 0.05) is 20.3 Å². The van der Waals surface area contributed by atoms with Gasteiger partial charge < -0.3 is 19.5 Å². The topological polar surface area (TPSA) is 88.0 Å². The lowest BCUT2D eigenvalue weighted by molar-refractivity contribution is -0.00822. The number of nitrogens with one attached hydrogen (secondary N) is 1. The fourth-order valence-electron chi connectivity index (χ4n) is 1.64. The number of hydrogen-bond acceptors (Lipinski definition) is 4. The first-order valence-corrected chi connectivity index (χ1v) is 6.87. The van der Waals surface area contributed by atoms with Crippen LogP contribution >= 0.6 is 7.52 Å². The molecule has 7 heteroatoms. The first-order chi connectivity index (χ1) is 6.85. The van der Waals surface area contributed by atoms with E-state index in [1.807, 2.05) is 0 Å². The highest BCUT2D eigenvalue weighted by Crippen LogP contribution is 2.30. The van der Waals surface area contributed by atoms with Crippen LogP contribution in [0.2, 0.25) is 0 Å². The zero-order chi connectivity index (χ0) is 11.6. The van der Waals surface area contributed by atoms with Gasteiger partial charge in [0.25, 0.3) is 7.52 Å². The molecule has 0 aromatic rings. The zero-order valence-electron chi connectivity index (χ0n) is 9.08. The second kappa shape index (κ2) is 4.91. The van der Waals surface area contributed by atoms with Gasteiger partial charge in [-0.05, 0) is 6.92 Å². The Balaban J connectivity index is 2.52. The van der Waals surface area contributed by atoms with Crippen LogP contribution in [-0.2, 0) is 14.0 Å². The van der Waals surface area contributed by atoms with Gasteiger partial charge in [0.15, 0.2) is 0 Å². The van der Waals surface area contributed by atoms with E-state index in [9.17, 15) is 9.67 Å². The Kier molecular flexibility index (Phi) is 4.29. The first-order valence-electron chi connectivity index (χ1n) is 4.77. The van der Waals surface area contributed by atoms with Crippen LogP contribution in [0.25, 0.3) is 0 Å². The van der Waals surface area contributed by atoms with Crippen molar-refractivity contribution < 1.29 is 24.0 Å². The summed E-state index contributed by atoms with van der Waals surface area (Å²) in [7, 11) is -1.78. The maximum atomic E-state index is 11.0. The summed E-state index contributed by atoms with van der Waals surface area (Å²) in [4.78, 5) is 9.05. The summed E-state index contributed by atoms with van der Waals surface area (Å²) in [5.41, 5.74) is 0. The predicted octanol–water partition coefficient (Wildman–Crippen LogP) is -0.446.